The fourth-order valence-corrected chi connectivity index (χ4v) is 3.75. The third-order valence-corrected chi connectivity index (χ3v) is 4.71. The molecule has 0 aromatic carbocycles. The molecular formula is C15H20N4S. The van der Waals surface area contributed by atoms with E-state index in [4.69, 9.17) is 4.98 Å². The van der Waals surface area contributed by atoms with Crippen LogP contribution in [0.2, 0.25) is 0 Å². The van der Waals surface area contributed by atoms with E-state index in [2.05, 4.69) is 15.3 Å². The summed E-state index contributed by atoms with van der Waals surface area (Å²) in [5.74, 6) is 0.726. The van der Waals surface area contributed by atoms with Gasteiger partial charge in [0.15, 0.2) is 0 Å². The predicted octanol–water partition coefficient (Wildman–Crippen LogP) is 3.08. The Morgan fingerprint density at radius 2 is 1.85 bits per heavy atom. The monoisotopic (exact) mass is 288 g/mol. The Morgan fingerprint density at radius 1 is 1.10 bits per heavy atom. The smallest absolute Gasteiger partial charge is 0.223 e. The largest absolute Gasteiger partial charge is 0.354 e. The minimum atomic E-state index is 0.726. The van der Waals surface area contributed by atoms with Crippen LogP contribution < -0.4 is 5.32 Å². The molecule has 1 aliphatic rings. The number of fused-ring (bicyclic) bond motifs is 1. The topological polar surface area (TPSA) is 50.7 Å². The molecule has 5 heteroatoms. The lowest BCUT2D eigenvalue weighted by atomic mass is 10.0. The maximum Gasteiger partial charge on any atom is 0.223 e. The van der Waals surface area contributed by atoms with E-state index in [1.165, 1.54) is 41.3 Å². The number of anilines is 1. The van der Waals surface area contributed by atoms with Crippen molar-refractivity contribution in [1.29, 1.82) is 0 Å². The van der Waals surface area contributed by atoms with E-state index in [9.17, 15) is 0 Å². The van der Waals surface area contributed by atoms with E-state index in [0.29, 0.717) is 0 Å². The summed E-state index contributed by atoms with van der Waals surface area (Å²) >= 11 is 1.88. The van der Waals surface area contributed by atoms with Gasteiger partial charge in [0.05, 0.1) is 10.7 Å². The number of thiazole rings is 1. The van der Waals surface area contributed by atoms with Crippen LogP contribution in [0.4, 0.5) is 5.95 Å². The summed E-state index contributed by atoms with van der Waals surface area (Å²) in [6.45, 7) is 4.83. The summed E-state index contributed by atoms with van der Waals surface area (Å²) in [7, 11) is 0. The van der Waals surface area contributed by atoms with Crippen LogP contribution in [0.15, 0.2) is 6.07 Å². The quantitative estimate of drug-likeness (QED) is 0.939. The van der Waals surface area contributed by atoms with Gasteiger partial charge in [0.25, 0.3) is 0 Å². The number of hydrogen-bond donors (Lipinski definition) is 1. The molecule has 0 unspecified atom stereocenters. The number of nitrogens with one attached hydrogen (secondary N) is 1. The lowest BCUT2D eigenvalue weighted by Gasteiger charge is -2.06. The molecular weight excluding hydrogens is 268 g/mol. The second-order valence-electron chi connectivity index (χ2n) is 5.34. The average molecular weight is 288 g/mol. The van der Waals surface area contributed by atoms with Gasteiger partial charge >= 0.3 is 0 Å². The molecule has 0 amide bonds. The lowest BCUT2D eigenvalue weighted by molar-refractivity contribution is 0.680. The van der Waals surface area contributed by atoms with E-state index in [-0.39, 0.29) is 0 Å². The molecule has 2 heterocycles. The fourth-order valence-electron chi connectivity index (χ4n) is 2.60. The zero-order chi connectivity index (χ0) is 13.9. The van der Waals surface area contributed by atoms with Gasteiger partial charge in [0.2, 0.25) is 5.95 Å². The van der Waals surface area contributed by atoms with Gasteiger partial charge in [-0.25, -0.2) is 15.0 Å². The summed E-state index contributed by atoms with van der Waals surface area (Å²) in [6.07, 6.45) is 5.96. The van der Waals surface area contributed by atoms with E-state index in [1.54, 1.807) is 0 Å². The van der Waals surface area contributed by atoms with Crippen LogP contribution in [0.5, 0.6) is 0 Å². The van der Waals surface area contributed by atoms with Crippen LogP contribution in [0.3, 0.4) is 0 Å². The Labute approximate surface area is 123 Å². The Hall–Kier alpha value is -1.49. The van der Waals surface area contributed by atoms with E-state index in [1.807, 2.05) is 31.3 Å². The molecule has 0 aliphatic heterocycles. The van der Waals surface area contributed by atoms with Crippen molar-refractivity contribution in [3.63, 3.8) is 0 Å². The number of nitrogens with zero attached hydrogens (tertiary/aromatic N) is 3. The van der Waals surface area contributed by atoms with E-state index in [0.717, 1.165) is 30.3 Å². The van der Waals surface area contributed by atoms with Crippen LogP contribution in [0, 0.1) is 13.8 Å². The minimum Gasteiger partial charge on any atom is -0.354 e. The SMILES string of the molecule is Cc1cc(C)nc(NCCc2nc3c(s2)CCCC3)n1. The highest BCUT2D eigenvalue weighted by molar-refractivity contribution is 7.11. The Morgan fingerprint density at radius 3 is 2.60 bits per heavy atom. The first-order chi connectivity index (χ1) is 9.70. The van der Waals surface area contributed by atoms with Gasteiger partial charge < -0.3 is 5.32 Å². The number of aromatic nitrogens is 3. The van der Waals surface area contributed by atoms with Gasteiger partial charge in [-0.15, -0.1) is 11.3 Å². The normalized spacial score (nSPS) is 14.1. The van der Waals surface area contributed by atoms with Crippen molar-refractivity contribution in [2.75, 3.05) is 11.9 Å². The molecule has 0 saturated carbocycles. The first kappa shape index (κ1) is 13.5. The van der Waals surface area contributed by atoms with Crippen molar-refractivity contribution in [3.05, 3.63) is 33.0 Å². The summed E-state index contributed by atoms with van der Waals surface area (Å²) in [5.41, 5.74) is 3.35. The lowest BCUT2D eigenvalue weighted by Crippen LogP contribution is -2.09. The van der Waals surface area contributed by atoms with Crippen molar-refractivity contribution in [2.45, 2.75) is 46.0 Å². The third kappa shape index (κ3) is 3.15. The average Bonchev–Trinajstić information content (AvgIpc) is 2.80. The molecule has 1 N–H and O–H groups in total. The molecule has 0 saturated heterocycles. The Balaban J connectivity index is 1.58. The van der Waals surface area contributed by atoms with Crippen LogP contribution in [-0.4, -0.2) is 21.5 Å². The zero-order valence-corrected chi connectivity index (χ0v) is 12.9. The molecule has 106 valence electrons. The highest BCUT2D eigenvalue weighted by Crippen LogP contribution is 2.26. The van der Waals surface area contributed by atoms with Gasteiger partial charge in [0, 0.05) is 29.2 Å². The standard InChI is InChI=1S/C15H20N4S/c1-10-9-11(2)18-15(17-10)16-8-7-14-19-12-5-3-4-6-13(12)20-14/h9H,3-8H2,1-2H3,(H,16,17,18). The summed E-state index contributed by atoms with van der Waals surface area (Å²) in [5, 5.41) is 4.54. The predicted molar refractivity (Wildman–Crippen MR) is 82.5 cm³/mol. The third-order valence-electron chi connectivity index (χ3n) is 3.49. The van der Waals surface area contributed by atoms with E-state index >= 15 is 0 Å². The molecule has 1 aliphatic carbocycles. The van der Waals surface area contributed by atoms with Crippen LogP contribution in [-0.2, 0) is 19.3 Å². The highest BCUT2D eigenvalue weighted by atomic mass is 32.1. The first-order valence-corrected chi connectivity index (χ1v) is 8.06. The molecule has 0 bridgehead atoms. The molecule has 2 aromatic heterocycles. The van der Waals surface area contributed by atoms with Gasteiger partial charge in [-0.2, -0.15) is 0 Å². The second-order valence-corrected chi connectivity index (χ2v) is 6.50. The maximum atomic E-state index is 4.75. The molecule has 0 spiro atoms. The Bertz CT molecular complexity index is 562. The van der Waals surface area contributed by atoms with Crippen molar-refractivity contribution in [1.82, 2.24) is 15.0 Å². The highest BCUT2D eigenvalue weighted by Gasteiger charge is 2.14. The molecule has 2 aromatic rings. The van der Waals surface area contributed by atoms with Crippen LogP contribution >= 0.6 is 11.3 Å². The van der Waals surface area contributed by atoms with Crippen LogP contribution in [0.1, 0.15) is 39.8 Å². The molecule has 4 nitrogen and oxygen atoms in total. The van der Waals surface area contributed by atoms with Crippen LogP contribution in [0.25, 0.3) is 0 Å². The summed E-state index contributed by atoms with van der Waals surface area (Å²) < 4.78 is 0. The summed E-state index contributed by atoms with van der Waals surface area (Å²) in [4.78, 5) is 15.0. The van der Waals surface area contributed by atoms with Crippen molar-refractivity contribution >= 4 is 17.3 Å². The molecule has 0 atom stereocenters. The fraction of sp³-hybridized carbons (Fsp3) is 0.533. The van der Waals surface area contributed by atoms with Gasteiger partial charge in [-0.1, -0.05) is 0 Å². The maximum absolute atomic E-state index is 4.75. The molecule has 0 fully saturated rings. The number of aryl methyl sites for hydroxylation is 4. The van der Waals surface area contributed by atoms with Gasteiger partial charge in [-0.3, -0.25) is 0 Å². The number of hydrogen-bond acceptors (Lipinski definition) is 5. The van der Waals surface area contributed by atoms with Crippen molar-refractivity contribution < 1.29 is 0 Å². The van der Waals surface area contributed by atoms with E-state index < -0.39 is 0 Å². The molecule has 3 rings (SSSR count). The second kappa shape index (κ2) is 5.87. The number of rotatable bonds is 4. The van der Waals surface area contributed by atoms with Crippen molar-refractivity contribution in [2.24, 2.45) is 0 Å². The summed E-state index contributed by atoms with van der Waals surface area (Å²) in [6, 6.07) is 1.99. The molecule has 0 radical (unpaired) electrons. The van der Waals surface area contributed by atoms with Crippen molar-refractivity contribution in [3.8, 4) is 0 Å². The Kier molecular flexibility index (Phi) is 3.96. The van der Waals surface area contributed by atoms with Gasteiger partial charge in [0.1, 0.15) is 0 Å². The zero-order valence-electron chi connectivity index (χ0n) is 12.1. The first-order valence-electron chi connectivity index (χ1n) is 7.24. The minimum absolute atomic E-state index is 0.726. The molecule has 20 heavy (non-hydrogen) atoms. The van der Waals surface area contributed by atoms with Gasteiger partial charge in [-0.05, 0) is 45.6 Å².